The lowest BCUT2D eigenvalue weighted by Crippen LogP contribution is -2.37. The monoisotopic (exact) mass is 330 g/mol. The summed E-state index contributed by atoms with van der Waals surface area (Å²) in [5, 5.41) is 5.48. The predicted octanol–water partition coefficient (Wildman–Crippen LogP) is 4.09. The number of ether oxygens (including phenoxy) is 1. The first-order valence-corrected chi connectivity index (χ1v) is 8.98. The van der Waals surface area contributed by atoms with Crippen molar-refractivity contribution in [2.45, 2.75) is 58.6 Å². The van der Waals surface area contributed by atoms with Crippen LogP contribution < -0.4 is 0 Å². The molecule has 118 valence electrons. The molecule has 1 aliphatic carbocycles. The number of nitrogens with zero attached hydrogens (tertiary/aromatic N) is 2. The molecule has 0 aromatic carbocycles. The van der Waals surface area contributed by atoms with Crippen molar-refractivity contribution in [2.75, 3.05) is 12.5 Å². The van der Waals surface area contributed by atoms with Gasteiger partial charge in [-0.2, -0.15) is 5.10 Å². The van der Waals surface area contributed by atoms with Crippen LogP contribution in [0.25, 0.3) is 0 Å². The summed E-state index contributed by atoms with van der Waals surface area (Å²) in [5.74, 6) is 1.34. The maximum Gasteiger partial charge on any atom is 0.0850 e. The first kappa shape index (κ1) is 15.6. The molecule has 1 aromatic rings. The molecule has 21 heavy (non-hydrogen) atoms. The maximum atomic E-state index is 6.58. The fourth-order valence-electron chi connectivity index (χ4n) is 3.64. The highest BCUT2D eigenvalue weighted by molar-refractivity contribution is 6.31. The lowest BCUT2D eigenvalue weighted by atomic mass is 9.76. The number of hydrogen-bond donors (Lipinski definition) is 0. The zero-order valence-electron chi connectivity index (χ0n) is 12.9. The third-order valence-electron chi connectivity index (χ3n) is 5.03. The number of aryl methyl sites for hydroxylation is 2. The second-order valence-corrected chi connectivity index (χ2v) is 7.07. The topological polar surface area (TPSA) is 27.1 Å². The molecule has 1 saturated carbocycles. The van der Waals surface area contributed by atoms with Crippen LogP contribution in [0.5, 0.6) is 0 Å². The van der Waals surface area contributed by atoms with Gasteiger partial charge in [0.2, 0.25) is 0 Å². The molecule has 3 rings (SSSR count). The zero-order valence-corrected chi connectivity index (χ0v) is 14.4. The van der Waals surface area contributed by atoms with E-state index in [2.05, 4.69) is 23.6 Å². The molecule has 5 heteroatoms. The second kappa shape index (κ2) is 6.10. The summed E-state index contributed by atoms with van der Waals surface area (Å²) in [7, 11) is 0. The van der Waals surface area contributed by atoms with Gasteiger partial charge in [0.1, 0.15) is 0 Å². The summed E-state index contributed by atoms with van der Waals surface area (Å²) in [6.07, 6.45) is 5.65. The largest absolute Gasteiger partial charge is 0.377 e. The average Bonchev–Trinajstić information content (AvgIpc) is 3.19. The van der Waals surface area contributed by atoms with Crippen LogP contribution in [0.15, 0.2) is 0 Å². The van der Waals surface area contributed by atoms with Gasteiger partial charge in [-0.05, 0) is 38.5 Å². The van der Waals surface area contributed by atoms with E-state index in [-0.39, 0.29) is 5.41 Å². The molecule has 2 unspecified atom stereocenters. The lowest BCUT2D eigenvalue weighted by Gasteiger charge is -2.32. The molecule has 1 aliphatic heterocycles. The minimum Gasteiger partial charge on any atom is -0.377 e. The highest BCUT2D eigenvalue weighted by Crippen LogP contribution is 2.50. The molecule has 0 N–H and O–H groups in total. The van der Waals surface area contributed by atoms with Crippen molar-refractivity contribution in [3.63, 3.8) is 0 Å². The third-order valence-corrected chi connectivity index (χ3v) is 6.00. The number of halogens is 2. The second-order valence-electron chi connectivity index (χ2n) is 6.43. The zero-order chi connectivity index (χ0) is 15.0. The number of aromatic nitrogens is 2. The Hall–Kier alpha value is -0.250. The van der Waals surface area contributed by atoms with Crippen LogP contribution in [-0.2, 0) is 24.1 Å². The Morgan fingerprint density at radius 2 is 2.14 bits per heavy atom. The number of hydrogen-bond acceptors (Lipinski definition) is 2. The van der Waals surface area contributed by atoms with E-state index >= 15 is 0 Å². The van der Waals surface area contributed by atoms with Crippen LogP contribution in [0.2, 0.25) is 5.02 Å². The van der Waals surface area contributed by atoms with Gasteiger partial charge in [-0.25, -0.2) is 0 Å². The highest BCUT2D eigenvalue weighted by atomic mass is 35.5. The van der Waals surface area contributed by atoms with E-state index < -0.39 is 0 Å². The summed E-state index contributed by atoms with van der Waals surface area (Å²) in [6, 6.07) is 0. The van der Waals surface area contributed by atoms with Gasteiger partial charge in [0.15, 0.2) is 0 Å². The fraction of sp³-hybridized carbons (Fsp3) is 0.812. The lowest BCUT2D eigenvalue weighted by molar-refractivity contribution is 0.0395. The molecule has 0 spiro atoms. The molecule has 2 heterocycles. The molecule has 0 radical (unpaired) electrons. The summed E-state index contributed by atoms with van der Waals surface area (Å²) in [5.41, 5.74) is 2.18. The first-order chi connectivity index (χ1) is 10.1. The van der Waals surface area contributed by atoms with Crippen LogP contribution >= 0.6 is 23.2 Å². The Morgan fingerprint density at radius 1 is 1.38 bits per heavy atom. The van der Waals surface area contributed by atoms with Gasteiger partial charge in [0.25, 0.3) is 0 Å². The van der Waals surface area contributed by atoms with Crippen molar-refractivity contribution < 1.29 is 4.74 Å². The van der Waals surface area contributed by atoms with E-state index in [9.17, 15) is 0 Å². The number of rotatable bonds is 6. The smallest absolute Gasteiger partial charge is 0.0850 e. The minimum absolute atomic E-state index is 0.0321. The summed E-state index contributed by atoms with van der Waals surface area (Å²) < 4.78 is 8.10. The molecule has 0 bridgehead atoms. The Kier molecular flexibility index (Phi) is 4.54. The Labute approximate surface area is 136 Å². The third kappa shape index (κ3) is 2.73. The SMILES string of the molecule is CCc1nn(CC)c(CC2(CCl)CCOC2C2CC2)c1Cl. The molecular formula is C16H24Cl2N2O. The van der Waals surface area contributed by atoms with E-state index in [1.165, 1.54) is 12.8 Å². The molecule has 2 atom stereocenters. The fourth-order valence-corrected chi connectivity index (χ4v) is 4.36. The molecule has 1 saturated heterocycles. The van der Waals surface area contributed by atoms with E-state index in [4.69, 9.17) is 27.9 Å². The van der Waals surface area contributed by atoms with Crippen LogP contribution in [0.1, 0.15) is 44.5 Å². The van der Waals surface area contributed by atoms with Crippen molar-refractivity contribution in [1.82, 2.24) is 9.78 Å². The number of alkyl halides is 1. The van der Waals surface area contributed by atoms with Crippen molar-refractivity contribution in [3.05, 3.63) is 16.4 Å². The molecule has 3 nitrogen and oxygen atoms in total. The summed E-state index contributed by atoms with van der Waals surface area (Å²) in [4.78, 5) is 0. The quantitative estimate of drug-likeness (QED) is 0.734. The van der Waals surface area contributed by atoms with Gasteiger partial charge in [-0.1, -0.05) is 18.5 Å². The highest BCUT2D eigenvalue weighted by Gasteiger charge is 2.51. The van der Waals surface area contributed by atoms with E-state index in [1.807, 2.05) is 0 Å². The van der Waals surface area contributed by atoms with Crippen LogP contribution in [-0.4, -0.2) is 28.4 Å². The Balaban J connectivity index is 1.91. The molecule has 2 aliphatic rings. The van der Waals surface area contributed by atoms with Crippen LogP contribution in [0.4, 0.5) is 0 Å². The van der Waals surface area contributed by atoms with Crippen molar-refractivity contribution in [2.24, 2.45) is 11.3 Å². The molecule has 1 aromatic heterocycles. The summed E-state index contributed by atoms with van der Waals surface area (Å²) in [6.45, 7) is 5.89. The maximum absolute atomic E-state index is 6.58. The Morgan fingerprint density at radius 3 is 2.71 bits per heavy atom. The van der Waals surface area contributed by atoms with Crippen molar-refractivity contribution >= 4 is 23.2 Å². The predicted molar refractivity (Wildman–Crippen MR) is 86.2 cm³/mol. The van der Waals surface area contributed by atoms with Gasteiger partial charge < -0.3 is 4.74 Å². The normalized spacial score (nSPS) is 29.2. The Bertz CT molecular complexity index is 513. The van der Waals surface area contributed by atoms with E-state index in [0.717, 1.165) is 48.8 Å². The average molecular weight is 331 g/mol. The van der Waals surface area contributed by atoms with Gasteiger partial charge in [-0.3, -0.25) is 4.68 Å². The minimum atomic E-state index is 0.0321. The van der Waals surface area contributed by atoms with Crippen LogP contribution in [0.3, 0.4) is 0 Å². The van der Waals surface area contributed by atoms with Gasteiger partial charge in [0, 0.05) is 30.9 Å². The van der Waals surface area contributed by atoms with Gasteiger partial charge >= 0.3 is 0 Å². The standard InChI is InChI=1S/C16H24Cl2N2O/c1-3-12-14(18)13(20(4-2)19-12)9-16(10-17)7-8-21-15(16)11-5-6-11/h11,15H,3-10H2,1-2H3. The van der Waals surface area contributed by atoms with Crippen LogP contribution in [0, 0.1) is 11.3 Å². The van der Waals surface area contributed by atoms with Gasteiger partial charge in [0.05, 0.1) is 22.5 Å². The van der Waals surface area contributed by atoms with Crippen molar-refractivity contribution in [3.8, 4) is 0 Å². The molecular weight excluding hydrogens is 307 g/mol. The molecule has 0 amide bonds. The van der Waals surface area contributed by atoms with Gasteiger partial charge in [-0.15, -0.1) is 11.6 Å². The first-order valence-electron chi connectivity index (χ1n) is 8.06. The van der Waals surface area contributed by atoms with E-state index in [0.29, 0.717) is 17.9 Å². The molecule has 2 fully saturated rings. The van der Waals surface area contributed by atoms with E-state index in [1.54, 1.807) is 0 Å². The van der Waals surface area contributed by atoms with Crippen molar-refractivity contribution in [1.29, 1.82) is 0 Å². The summed E-state index contributed by atoms with van der Waals surface area (Å²) >= 11 is 13.0.